The molecule has 0 aliphatic rings. The molecule has 2 aromatic rings. The summed E-state index contributed by atoms with van der Waals surface area (Å²) in [5.74, 6) is -0.794. The van der Waals surface area contributed by atoms with Gasteiger partial charge in [-0.05, 0) is 29.0 Å². The van der Waals surface area contributed by atoms with Crippen LogP contribution in [0.2, 0.25) is 10.0 Å². The van der Waals surface area contributed by atoms with E-state index in [-0.39, 0.29) is 14.8 Å². The highest BCUT2D eigenvalue weighted by Gasteiger charge is 2.21. The summed E-state index contributed by atoms with van der Waals surface area (Å²) >= 11 is 12.7. The SMILES string of the molecule is Bc1ccc(S(=O)(=O)NC(=O)c2ccc(Cl)cc2Cl)s1. The number of hydrogen-bond acceptors (Lipinski definition) is 4. The maximum atomic E-state index is 12.0. The van der Waals surface area contributed by atoms with Crippen LogP contribution in [0, 0.1) is 0 Å². The Morgan fingerprint density at radius 1 is 1.20 bits per heavy atom. The van der Waals surface area contributed by atoms with Gasteiger partial charge in [0, 0.05) is 5.02 Å². The van der Waals surface area contributed by atoms with Crippen LogP contribution in [0.15, 0.2) is 34.5 Å². The van der Waals surface area contributed by atoms with Crippen molar-refractivity contribution in [2.24, 2.45) is 0 Å². The number of rotatable bonds is 3. The van der Waals surface area contributed by atoms with Crippen molar-refractivity contribution in [2.45, 2.75) is 4.21 Å². The number of halogens is 2. The van der Waals surface area contributed by atoms with Gasteiger partial charge < -0.3 is 0 Å². The number of carbonyl (C=O) groups excluding carboxylic acids is 1. The highest BCUT2D eigenvalue weighted by Crippen LogP contribution is 2.22. The summed E-state index contributed by atoms with van der Waals surface area (Å²) in [6.07, 6.45) is 0. The van der Waals surface area contributed by atoms with E-state index in [0.29, 0.717) is 5.02 Å². The van der Waals surface area contributed by atoms with E-state index in [0.717, 1.165) is 16.1 Å². The number of benzene rings is 1. The quantitative estimate of drug-likeness (QED) is 0.854. The summed E-state index contributed by atoms with van der Waals surface area (Å²) in [4.78, 5) is 12.0. The molecular formula is C11H8BCl2NO3S2. The van der Waals surface area contributed by atoms with Crippen molar-refractivity contribution >= 4 is 63.1 Å². The average Bonchev–Trinajstić information content (AvgIpc) is 2.75. The minimum absolute atomic E-state index is 0.0490. The Hall–Kier alpha value is -1.02. The van der Waals surface area contributed by atoms with Crippen molar-refractivity contribution in [3.05, 3.63) is 45.9 Å². The van der Waals surface area contributed by atoms with Crippen LogP contribution in [0.1, 0.15) is 10.4 Å². The number of carbonyl (C=O) groups is 1. The van der Waals surface area contributed by atoms with Gasteiger partial charge in [0.1, 0.15) is 4.21 Å². The summed E-state index contributed by atoms with van der Waals surface area (Å²) in [6, 6.07) is 7.32. The standard InChI is InChI=1S/C11H8BCl2NO3S2/c12-9-3-4-10(19-9)20(17,18)15-11(16)7-2-1-6(13)5-8(7)14/h1-5H,12H2,(H,15,16). The Kier molecular flexibility index (Phi) is 4.44. The zero-order chi connectivity index (χ0) is 14.9. The second-order valence-electron chi connectivity index (χ2n) is 3.92. The fraction of sp³-hybridized carbons (Fsp3) is 0. The lowest BCUT2D eigenvalue weighted by Gasteiger charge is -2.06. The van der Waals surface area contributed by atoms with Crippen molar-refractivity contribution in [1.29, 1.82) is 0 Å². The number of hydrogen-bond donors (Lipinski definition) is 1. The molecule has 0 spiro atoms. The molecule has 1 amide bonds. The number of amides is 1. The molecule has 1 N–H and O–H groups in total. The fourth-order valence-corrected chi connectivity index (χ4v) is 4.20. The average molecular weight is 348 g/mol. The van der Waals surface area contributed by atoms with Crippen LogP contribution >= 0.6 is 34.5 Å². The topological polar surface area (TPSA) is 63.2 Å². The van der Waals surface area contributed by atoms with Gasteiger partial charge in [-0.1, -0.05) is 29.3 Å². The van der Waals surface area contributed by atoms with Gasteiger partial charge in [-0.25, -0.2) is 13.1 Å². The lowest BCUT2D eigenvalue weighted by Crippen LogP contribution is -2.30. The molecule has 20 heavy (non-hydrogen) atoms. The molecule has 0 fully saturated rings. The number of thiophene rings is 1. The summed E-state index contributed by atoms with van der Waals surface area (Å²) in [6.45, 7) is 0. The first kappa shape index (κ1) is 15.4. The lowest BCUT2D eigenvalue weighted by atomic mass is 10.1. The van der Waals surface area contributed by atoms with Crippen LogP contribution in [0.5, 0.6) is 0 Å². The Bertz CT molecular complexity index is 774. The molecule has 0 saturated carbocycles. The predicted octanol–water partition coefficient (Wildman–Crippen LogP) is 1.43. The van der Waals surface area contributed by atoms with Crippen LogP contribution in [-0.4, -0.2) is 22.2 Å². The van der Waals surface area contributed by atoms with Gasteiger partial charge in [-0.3, -0.25) is 4.79 Å². The van der Waals surface area contributed by atoms with Crippen molar-refractivity contribution in [3.8, 4) is 0 Å². The maximum Gasteiger partial charge on any atom is 0.273 e. The summed E-state index contributed by atoms with van der Waals surface area (Å²) in [7, 11) is -2.11. The minimum atomic E-state index is -3.89. The van der Waals surface area contributed by atoms with E-state index in [2.05, 4.69) is 0 Å². The van der Waals surface area contributed by atoms with Crippen LogP contribution < -0.4 is 9.50 Å². The number of nitrogens with one attached hydrogen (secondary N) is 1. The third kappa shape index (κ3) is 3.35. The summed E-state index contributed by atoms with van der Waals surface area (Å²) < 4.78 is 26.9. The van der Waals surface area contributed by atoms with Gasteiger partial charge in [0.15, 0.2) is 7.85 Å². The molecule has 4 nitrogen and oxygen atoms in total. The molecule has 1 aromatic heterocycles. The molecular weight excluding hydrogens is 340 g/mol. The second-order valence-corrected chi connectivity index (χ2v) is 7.96. The molecule has 0 radical (unpaired) electrons. The normalized spacial score (nSPS) is 11.3. The lowest BCUT2D eigenvalue weighted by molar-refractivity contribution is 0.0981. The van der Waals surface area contributed by atoms with Gasteiger partial charge in [0.2, 0.25) is 0 Å². The van der Waals surface area contributed by atoms with Crippen LogP contribution in [0.25, 0.3) is 0 Å². The fourth-order valence-electron chi connectivity index (χ4n) is 1.46. The zero-order valence-electron chi connectivity index (χ0n) is 10.2. The molecule has 104 valence electrons. The first-order chi connectivity index (χ1) is 9.29. The van der Waals surface area contributed by atoms with E-state index in [4.69, 9.17) is 23.2 Å². The molecule has 0 unspecified atom stereocenters. The zero-order valence-corrected chi connectivity index (χ0v) is 13.3. The van der Waals surface area contributed by atoms with Crippen LogP contribution in [-0.2, 0) is 10.0 Å². The highest BCUT2D eigenvalue weighted by atomic mass is 35.5. The molecule has 0 saturated heterocycles. The van der Waals surface area contributed by atoms with Crippen molar-refractivity contribution in [2.75, 3.05) is 0 Å². The third-order valence-corrected chi connectivity index (χ3v) is 5.75. The summed E-state index contributed by atoms with van der Waals surface area (Å²) in [5, 5.41) is 0.454. The van der Waals surface area contributed by atoms with E-state index in [1.807, 2.05) is 4.72 Å². The molecule has 0 aliphatic heterocycles. The minimum Gasteiger partial charge on any atom is -0.268 e. The maximum absolute atomic E-state index is 12.0. The van der Waals surface area contributed by atoms with Gasteiger partial charge in [-0.2, -0.15) is 0 Å². The van der Waals surface area contributed by atoms with Crippen LogP contribution in [0.4, 0.5) is 0 Å². The molecule has 0 bridgehead atoms. The van der Waals surface area contributed by atoms with E-state index < -0.39 is 15.9 Å². The molecule has 1 heterocycles. The van der Waals surface area contributed by atoms with Gasteiger partial charge in [-0.15, -0.1) is 11.3 Å². The van der Waals surface area contributed by atoms with E-state index in [1.54, 1.807) is 13.9 Å². The largest absolute Gasteiger partial charge is 0.273 e. The Morgan fingerprint density at radius 3 is 2.45 bits per heavy atom. The molecule has 9 heteroatoms. The molecule has 2 rings (SSSR count). The Labute approximate surface area is 131 Å². The second kappa shape index (κ2) is 5.77. The van der Waals surface area contributed by atoms with E-state index in [9.17, 15) is 13.2 Å². The monoisotopic (exact) mass is 347 g/mol. The molecule has 0 atom stereocenters. The van der Waals surface area contributed by atoms with Gasteiger partial charge in [0.25, 0.3) is 15.9 Å². The highest BCUT2D eigenvalue weighted by molar-refractivity contribution is 7.92. The Balaban J connectivity index is 2.27. The van der Waals surface area contributed by atoms with Gasteiger partial charge >= 0.3 is 0 Å². The molecule has 1 aromatic carbocycles. The van der Waals surface area contributed by atoms with Crippen molar-refractivity contribution < 1.29 is 13.2 Å². The van der Waals surface area contributed by atoms with Crippen molar-refractivity contribution in [1.82, 2.24) is 4.72 Å². The van der Waals surface area contributed by atoms with Gasteiger partial charge in [0.05, 0.1) is 10.6 Å². The summed E-state index contributed by atoms with van der Waals surface area (Å²) in [5.41, 5.74) is 0.0490. The first-order valence-electron chi connectivity index (χ1n) is 5.38. The number of sulfonamides is 1. The Morgan fingerprint density at radius 2 is 1.90 bits per heavy atom. The van der Waals surface area contributed by atoms with Crippen molar-refractivity contribution in [3.63, 3.8) is 0 Å². The van der Waals surface area contributed by atoms with E-state index >= 15 is 0 Å². The van der Waals surface area contributed by atoms with Crippen LogP contribution in [0.3, 0.4) is 0 Å². The smallest absolute Gasteiger partial charge is 0.268 e. The molecule has 0 aliphatic carbocycles. The predicted molar refractivity (Wildman–Crippen MR) is 83.6 cm³/mol. The van der Waals surface area contributed by atoms with E-state index in [1.165, 1.54) is 24.3 Å². The third-order valence-electron chi connectivity index (χ3n) is 2.38. The first-order valence-corrected chi connectivity index (χ1v) is 8.44.